The van der Waals surface area contributed by atoms with Crippen LogP contribution >= 0.6 is 0 Å². The number of amides is 1. The molecule has 30 heavy (non-hydrogen) atoms. The number of aromatic nitrogens is 2. The molecule has 6 heteroatoms. The van der Waals surface area contributed by atoms with E-state index in [0.29, 0.717) is 32.4 Å². The van der Waals surface area contributed by atoms with E-state index in [1.54, 1.807) is 0 Å². The number of aliphatic carboxylic acids is 1. The standard InChI is InChI=1S/C24H27N3O3/c1-16-7-8-20-21(11-16)26-22(25-20)13-19-15-27(10-9-18(19)14-24(29)30)23(28)12-17-5-3-2-4-6-17/h2-8,11,18-19H,9-10,12-15H2,1H3,(H,25,26)(H,29,30). The molecule has 156 valence electrons. The summed E-state index contributed by atoms with van der Waals surface area (Å²) in [6.45, 7) is 3.22. The van der Waals surface area contributed by atoms with Gasteiger partial charge in [-0.25, -0.2) is 4.98 Å². The van der Waals surface area contributed by atoms with E-state index < -0.39 is 5.97 Å². The van der Waals surface area contributed by atoms with Crippen LogP contribution in [0.5, 0.6) is 0 Å². The number of carbonyl (C=O) groups is 2. The van der Waals surface area contributed by atoms with Crippen molar-refractivity contribution in [1.82, 2.24) is 14.9 Å². The van der Waals surface area contributed by atoms with Crippen molar-refractivity contribution in [1.29, 1.82) is 0 Å². The Bertz CT molecular complexity index is 1040. The van der Waals surface area contributed by atoms with Crippen LogP contribution in [0.1, 0.15) is 29.8 Å². The Kier molecular flexibility index (Phi) is 5.84. The fourth-order valence-electron chi connectivity index (χ4n) is 4.44. The third-order valence-corrected chi connectivity index (χ3v) is 6.02. The van der Waals surface area contributed by atoms with Crippen molar-refractivity contribution in [2.45, 2.75) is 32.6 Å². The Morgan fingerprint density at radius 1 is 1.17 bits per heavy atom. The van der Waals surface area contributed by atoms with Gasteiger partial charge in [-0.3, -0.25) is 9.59 Å². The minimum absolute atomic E-state index is 0.0400. The highest BCUT2D eigenvalue weighted by molar-refractivity contribution is 5.79. The predicted octanol–water partition coefficient (Wildman–Crippen LogP) is 3.60. The molecule has 1 fully saturated rings. The van der Waals surface area contributed by atoms with Crippen molar-refractivity contribution in [2.75, 3.05) is 13.1 Å². The van der Waals surface area contributed by atoms with E-state index in [1.807, 2.05) is 54.3 Å². The molecule has 0 bridgehead atoms. The first-order valence-corrected chi connectivity index (χ1v) is 10.5. The fraction of sp³-hybridized carbons (Fsp3) is 0.375. The number of fused-ring (bicyclic) bond motifs is 1. The monoisotopic (exact) mass is 405 g/mol. The van der Waals surface area contributed by atoms with Gasteiger partial charge in [0, 0.05) is 25.9 Å². The number of nitrogens with one attached hydrogen (secondary N) is 1. The maximum Gasteiger partial charge on any atom is 0.303 e. The van der Waals surface area contributed by atoms with E-state index in [4.69, 9.17) is 4.98 Å². The largest absolute Gasteiger partial charge is 0.481 e. The topological polar surface area (TPSA) is 86.3 Å². The smallest absolute Gasteiger partial charge is 0.303 e. The molecule has 2 atom stereocenters. The van der Waals surface area contributed by atoms with Gasteiger partial charge in [-0.2, -0.15) is 0 Å². The Balaban J connectivity index is 1.50. The summed E-state index contributed by atoms with van der Waals surface area (Å²) in [6.07, 6.45) is 1.85. The molecule has 0 aliphatic carbocycles. The number of hydrogen-bond acceptors (Lipinski definition) is 3. The molecule has 2 N–H and O–H groups in total. The number of H-pyrrole nitrogens is 1. The summed E-state index contributed by atoms with van der Waals surface area (Å²) in [6, 6.07) is 15.8. The van der Waals surface area contributed by atoms with Crippen LogP contribution < -0.4 is 0 Å². The number of nitrogens with zero attached hydrogens (tertiary/aromatic N) is 2. The van der Waals surface area contributed by atoms with Crippen LogP contribution in [0.2, 0.25) is 0 Å². The van der Waals surface area contributed by atoms with Gasteiger partial charge < -0.3 is 15.0 Å². The second-order valence-corrected chi connectivity index (χ2v) is 8.32. The number of carboxylic acids is 1. The predicted molar refractivity (Wildman–Crippen MR) is 115 cm³/mol. The number of imidazole rings is 1. The van der Waals surface area contributed by atoms with E-state index >= 15 is 0 Å². The molecule has 1 aliphatic heterocycles. The number of rotatable bonds is 6. The summed E-state index contributed by atoms with van der Waals surface area (Å²) >= 11 is 0. The molecule has 1 saturated heterocycles. The number of aromatic amines is 1. The summed E-state index contributed by atoms with van der Waals surface area (Å²) in [5.41, 5.74) is 4.07. The van der Waals surface area contributed by atoms with Crippen molar-refractivity contribution in [3.8, 4) is 0 Å². The van der Waals surface area contributed by atoms with Gasteiger partial charge in [-0.1, -0.05) is 36.4 Å². The summed E-state index contributed by atoms with van der Waals surface area (Å²) in [4.78, 5) is 34.2. The van der Waals surface area contributed by atoms with Gasteiger partial charge in [0.2, 0.25) is 5.91 Å². The number of likely N-dealkylation sites (tertiary alicyclic amines) is 1. The van der Waals surface area contributed by atoms with Crippen molar-refractivity contribution in [2.24, 2.45) is 11.8 Å². The summed E-state index contributed by atoms with van der Waals surface area (Å²) in [7, 11) is 0. The molecule has 0 spiro atoms. The number of piperidine rings is 1. The average Bonchev–Trinajstić information content (AvgIpc) is 3.11. The first-order chi connectivity index (χ1) is 14.5. The van der Waals surface area contributed by atoms with Crippen molar-refractivity contribution < 1.29 is 14.7 Å². The molecule has 0 radical (unpaired) electrons. The molecule has 1 aromatic heterocycles. The van der Waals surface area contributed by atoms with Crippen molar-refractivity contribution >= 4 is 22.9 Å². The van der Waals surface area contributed by atoms with E-state index in [1.165, 1.54) is 0 Å². The Hall–Kier alpha value is -3.15. The number of aryl methyl sites for hydroxylation is 1. The number of benzene rings is 2. The summed E-state index contributed by atoms with van der Waals surface area (Å²) in [5, 5.41) is 9.36. The van der Waals surface area contributed by atoms with Gasteiger partial charge in [0.15, 0.2) is 0 Å². The molecule has 4 rings (SSSR count). The van der Waals surface area contributed by atoms with E-state index in [2.05, 4.69) is 11.1 Å². The van der Waals surface area contributed by atoms with Crippen LogP contribution in [0.15, 0.2) is 48.5 Å². The van der Waals surface area contributed by atoms with Crippen LogP contribution in [0.3, 0.4) is 0 Å². The second kappa shape index (κ2) is 8.69. The highest BCUT2D eigenvalue weighted by atomic mass is 16.4. The van der Waals surface area contributed by atoms with Crippen LogP contribution in [0, 0.1) is 18.8 Å². The van der Waals surface area contributed by atoms with E-state index in [-0.39, 0.29) is 24.2 Å². The quantitative estimate of drug-likeness (QED) is 0.656. The highest BCUT2D eigenvalue weighted by Crippen LogP contribution is 2.30. The minimum Gasteiger partial charge on any atom is -0.481 e. The molecule has 3 aromatic rings. The zero-order chi connectivity index (χ0) is 21.1. The summed E-state index contributed by atoms with van der Waals surface area (Å²) in [5.74, 6) is 0.275. The van der Waals surface area contributed by atoms with Crippen LogP contribution in [0.4, 0.5) is 0 Å². The number of carboxylic acid groups (broad SMARTS) is 1. The molecule has 2 heterocycles. The van der Waals surface area contributed by atoms with Crippen LogP contribution in [0.25, 0.3) is 11.0 Å². The van der Waals surface area contributed by atoms with Gasteiger partial charge in [-0.05, 0) is 48.4 Å². The van der Waals surface area contributed by atoms with Crippen LogP contribution in [-0.2, 0) is 22.4 Å². The lowest BCUT2D eigenvalue weighted by atomic mass is 9.81. The SMILES string of the molecule is Cc1ccc2nc(CC3CN(C(=O)Cc4ccccc4)CCC3CC(=O)O)[nH]c2c1. The maximum absolute atomic E-state index is 12.9. The second-order valence-electron chi connectivity index (χ2n) is 8.32. The van der Waals surface area contributed by atoms with Gasteiger partial charge in [0.25, 0.3) is 0 Å². The van der Waals surface area contributed by atoms with Gasteiger partial charge >= 0.3 is 5.97 Å². The van der Waals surface area contributed by atoms with Gasteiger partial charge in [0.05, 0.1) is 17.5 Å². The Morgan fingerprint density at radius 3 is 2.73 bits per heavy atom. The first kappa shape index (κ1) is 20.1. The molecule has 0 saturated carbocycles. The Labute approximate surface area is 175 Å². The molecule has 2 unspecified atom stereocenters. The molecule has 1 amide bonds. The summed E-state index contributed by atoms with van der Waals surface area (Å²) < 4.78 is 0. The van der Waals surface area contributed by atoms with E-state index in [0.717, 1.165) is 28.0 Å². The normalized spacial score (nSPS) is 19.2. The zero-order valence-electron chi connectivity index (χ0n) is 17.2. The molecule has 1 aliphatic rings. The number of carbonyl (C=O) groups excluding carboxylic acids is 1. The fourth-order valence-corrected chi connectivity index (χ4v) is 4.44. The Morgan fingerprint density at radius 2 is 1.97 bits per heavy atom. The van der Waals surface area contributed by atoms with E-state index in [9.17, 15) is 14.7 Å². The lowest BCUT2D eigenvalue weighted by Gasteiger charge is -2.38. The van der Waals surface area contributed by atoms with Crippen LogP contribution in [-0.4, -0.2) is 44.9 Å². The third-order valence-electron chi connectivity index (χ3n) is 6.02. The lowest BCUT2D eigenvalue weighted by Crippen LogP contribution is -2.45. The molecular weight excluding hydrogens is 378 g/mol. The van der Waals surface area contributed by atoms with Crippen molar-refractivity contribution in [3.63, 3.8) is 0 Å². The average molecular weight is 405 g/mol. The maximum atomic E-state index is 12.9. The third kappa shape index (κ3) is 4.70. The molecule has 6 nitrogen and oxygen atoms in total. The van der Waals surface area contributed by atoms with Gasteiger partial charge in [0.1, 0.15) is 5.82 Å². The highest BCUT2D eigenvalue weighted by Gasteiger charge is 2.33. The molecular formula is C24H27N3O3. The number of hydrogen-bond donors (Lipinski definition) is 2. The minimum atomic E-state index is -0.783. The first-order valence-electron chi connectivity index (χ1n) is 10.5. The lowest BCUT2D eigenvalue weighted by molar-refractivity contribution is -0.139. The molecule has 2 aromatic carbocycles. The van der Waals surface area contributed by atoms with Crippen molar-refractivity contribution in [3.05, 3.63) is 65.5 Å². The zero-order valence-corrected chi connectivity index (χ0v) is 17.2. The van der Waals surface area contributed by atoms with Gasteiger partial charge in [-0.15, -0.1) is 0 Å².